The second kappa shape index (κ2) is 5.94. The van der Waals surface area contributed by atoms with Crippen LogP contribution in [0.5, 0.6) is 0 Å². The SMILES string of the molecule is CCC(C(=O)CBr)N(C)C(=O)C(F)(F)C(F)(F)F. The van der Waals surface area contributed by atoms with E-state index in [0.717, 1.165) is 7.05 Å². The van der Waals surface area contributed by atoms with Gasteiger partial charge in [-0.3, -0.25) is 9.59 Å². The van der Waals surface area contributed by atoms with Crippen LogP contribution in [0.2, 0.25) is 0 Å². The van der Waals surface area contributed by atoms with Gasteiger partial charge in [0, 0.05) is 7.05 Å². The van der Waals surface area contributed by atoms with E-state index in [-0.39, 0.29) is 16.7 Å². The molecule has 1 unspecified atom stereocenters. The second-order valence-corrected chi connectivity index (χ2v) is 4.07. The van der Waals surface area contributed by atoms with Crippen LogP contribution in [0, 0.1) is 0 Å². The molecule has 1 amide bonds. The molecule has 0 spiro atoms. The van der Waals surface area contributed by atoms with Crippen LogP contribution in [0.1, 0.15) is 13.3 Å². The maximum Gasteiger partial charge on any atom is 0.463 e. The number of hydrogen-bond donors (Lipinski definition) is 0. The van der Waals surface area contributed by atoms with Crippen LogP contribution in [-0.2, 0) is 9.59 Å². The zero-order chi connectivity index (χ0) is 14.7. The van der Waals surface area contributed by atoms with Crippen molar-refractivity contribution >= 4 is 27.6 Å². The normalized spacial score (nSPS) is 14.2. The Balaban J connectivity index is 5.16. The number of carbonyl (C=O) groups excluding carboxylic acids is 2. The summed E-state index contributed by atoms with van der Waals surface area (Å²) in [7, 11) is 0.747. The van der Waals surface area contributed by atoms with E-state index < -0.39 is 29.8 Å². The summed E-state index contributed by atoms with van der Waals surface area (Å²) in [6.07, 6.45) is -6.03. The number of ketones is 1. The highest BCUT2D eigenvalue weighted by Crippen LogP contribution is 2.37. The predicted molar refractivity (Wildman–Crippen MR) is 56.7 cm³/mol. The first kappa shape index (κ1) is 17.3. The zero-order valence-electron chi connectivity index (χ0n) is 9.52. The Kier molecular flexibility index (Phi) is 5.70. The van der Waals surface area contributed by atoms with E-state index in [1.807, 2.05) is 0 Å². The van der Waals surface area contributed by atoms with Gasteiger partial charge in [0.2, 0.25) is 0 Å². The summed E-state index contributed by atoms with van der Waals surface area (Å²) in [4.78, 5) is 22.6. The van der Waals surface area contributed by atoms with Gasteiger partial charge in [0.15, 0.2) is 5.78 Å². The average molecular weight is 340 g/mol. The van der Waals surface area contributed by atoms with E-state index in [2.05, 4.69) is 15.9 Å². The third kappa shape index (κ3) is 3.39. The van der Waals surface area contributed by atoms with Gasteiger partial charge in [-0.1, -0.05) is 22.9 Å². The number of carbonyl (C=O) groups is 2. The van der Waals surface area contributed by atoms with Crippen molar-refractivity contribution in [2.75, 3.05) is 12.4 Å². The number of alkyl halides is 6. The Bertz CT molecular complexity index is 331. The molecule has 0 heterocycles. The number of nitrogens with zero attached hydrogens (tertiary/aromatic N) is 1. The molecule has 0 aliphatic heterocycles. The summed E-state index contributed by atoms with van der Waals surface area (Å²) >= 11 is 2.77. The van der Waals surface area contributed by atoms with Crippen molar-refractivity contribution in [2.24, 2.45) is 0 Å². The fourth-order valence-corrected chi connectivity index (χ4v) is 1.66. The fraction of sp³-hybridized carbons (Fsp3) is 0.778. The molecular formula is C9H11BrF5NO2. The van der Waals surface area contributed by atoms with Crippen LogP contribution in [0.4, 0.5) is 22.0 Å². The molecule has 3 nitrogen and oxygen atoms in total. The quantitative estimate of drug-likeness (QED) is 0.569. The van der Waals surface area contributed by atoms with Gasteiger partial charge in [-0.25, -0.2) is 0 Å². The van der Waals surface area contributed by atoms with Crippen LogP contribution in [0.15, 0.2) is 0 Å². The lowest BCUT2D eigenvalue weighted by molar-refractivity contribution is -0.274. The van der Waals surface area contributed by atoms with Gasteiger partial charge >= 0.3 is 18.0 Å². The summed E-state index contributed by atoms with van der Waals surface area (Å²) in [5.74, 6) is -8.58. The van der Waals surface area contributed by atoms with Crippen molar-refractivity contribution in [1.29, 1.82) is 0 Å². The van der Waals surface area contributed by atoms with Gasteiger partial charge < -0.3 is 4.90 Å². The van der Waals surface area contributed by atoms with Gasteiger partial charge in [-0.15, -0.1) is 0 Å². The summed E-state index contributed by atoms with van der Waals surface area (Å²) in [6.45, 7) is 1.40. The monoisotopic (exact) mass is 339 g/mol. The maximum atomic E-state index is 12.8. The van der Waals surface area contributed by atoms with Crippen LogP contribution in [0.3, 0.4) is 0 Å². The van der Waals surface area contributed by atoms with Crippen molar-refractivity contribution in [3.05, 3.63) is 0 Å². The predicted octanol–water partition coefficient (Wildman–Crippen LogP) is 2.39. The zero-order valence-corrected chi connectivity index (χ0v) is 11.1. The van der Waals surface area contributed by atoms with Gasteiger partial charge in [0.05, 0.1) is 11.4 Å². The van der Waals surface area contributed by atoms with E-state index in [1.165, 1.54) is 6.92 Å². The molecule has 0 aromatic rings. The topological polar surface area (TPSA) is 37.4 Å². The van der Waals surface area contributed by atoms with E-state index in [1.54, 1.807) is 0 Å². The number of halogens is 6. The largest absolute Gasteiger partial charge is 0.463 e. The van der Waals surface area contributed by atoms with Crippen LogP contribution >= 0.6 is 15.9 Å². The lowest BCUT2D eigenvalue weighted by atomic mass is 10.1. The van der Waals surface area contributed by atoms with E-state index in [0.29, 0.717) is 0 Å². The molecule has 0 bridgehead atoms. The third-order valence-electron chi connectivity index (χ3n) is 2.30. The average Bonchev–Trinajstić information content (AvgIpc) is 2.26. The smallest absolute Gasteiger partial charge is 0.330 e. The van der Waals surface area contributed by atoms with E-state index in [9.17, 15) is 31.5 Å². The minimum atomic E-state index is -5.98. The Morgan fingerprint density at radius 1 is 1.22 bits per heavy atom. The molecular weight excluding hydrogens is 329 g/mol. The van der Waals surface area contributed by atoms with Crippen LogP contribution in [-0.4, -0.2) is 47.1 Å². The van der Waals surface area contributed by atoms with Crippen molar-refractivity contribution in [3.63, 3.8) is 0 Å². The van der Waals surface area contributed by atoms with Gasteiger partial charge in [0.1, 0.15) is 0 Å². The van der Waals surface area contributed by atoms with Gasteiger partial charge in [-0.05, 0) is 6.42 Å². The molecule has 0 N–H and O–H groups in total. The molecule has 0 aromatic heterocycles. The van der Waals surface area contributed by atoms with Gasteiger partial charge in [-0.2, -0.15) is 22.0 Å². The number of Topliss-reactive ketones (excluding diaryl/α,β-unsaturated/α-hetero) is 1. The first-order valence-corrected chi connectivity index (χ1v) is 5.93. The summed E-state index contributed by atoms with van der Waals surface area (Å²) in [5, 5.41) is -0.235. The molecule has 0 saturated heterocycles. The molecule has 0 aromatic carbocycles. The Morgan fingerprint density at radius 3 is 1.94 bits per heavy atom. The van der Waals surface area contributed by atoms with E-state index in [4.69, 9.17) is 0 Å². The Hall–Kier alpha value is -0.730. The summed E-state index contributed by atoms with van der Waals surface area (Å²) in [6, 6.07) is -1.31. The number of hydrogen-bond acceptors (Lipinski definition) is 2. The van der Waals surface area contributed by atoms with Crippen LogP contribution < -0.4 is 0 Å². The highest BCUT2D eigenvalue weighted by Gasteiger charge is 2.64. The Labute approximate surface area is 108 Å². The number of likely N-dealkylation sites (N-methyl/N-ethyl adjacent to an activating group) is 1. The molecule has 0 rings (SSSR count). The first-order valence-electron chi connectivity index (χ1n) is 4.81. The molecule has 9 heteroatoms. The lowest BCUT2D eigenvalue weighted by Gasteiger charge is -2.29. The van der Waals surface area contributed by atoms with Crippen molar-refractivity contribution in [2.45, 2.75) is 31.5 Å². The minimum Gasteiger partial charge on any atom is -0.330 e. The molecule has 0 aliphatic rings. The molecule has 1 atom stereocenters. The maximum absolute atomic E-state index is 12.8. The number of rotatable bonds is 5. The minimum absolute atomic E-state index is 0.0549. The highest BCUT2D eigenvalue weighted by molar-refractivity contribution is 9.09. The van der Waals surface area contributed by atoms with Crippen molar-refractivity contribution < 1.29 is 31.5 Å². The highest BCUT2D eigenvalue weighted by atomic mass is 79.9. The fourth-order valence-electron chi connectivity index (χ4n) is 1.29. The Morgan fingerprint density at radius 2 is 1.67 bits per heavy atom. The standard InChI is InChI=1S/C9H11BrF5NO2/c1-3-5(6(17)4-10)16(2)7(18)8(11,12)9(13,14)15/h5H,3-4H2,1-2H3. The third-order valence-corrected chi connectivity index (χ3v) is 2.86. The molecule has 18 heavy (non-hydrogen) atoms. The first-order chi connectivity index (χ1) is 8.00. The molecule has 0 aliphatic carbocycles. The van der Waals surface area contributed by atoms with Crippen LogP contribution in [0.25, 0.3) is 0 Å². The summed E-state index contributed by atoms with van der Waals surface area (Å²) < 4.78 is 61.6. The number of amides is 1. The molecule has 0 fully saturated rings. The molecule has 0 saturated carbocycles. The lowest BCUT2D eigenvalue weighted by Crippen LogP contribution is -2.55. The van der Waals surface area contributed by atoms with Crippen molar-refractivity contribution in [3.8, 4) is 0 Å². The van der Waals surface area contributed by atoms with Gasteiger partial charge in [0.25, 0.3) is 0 Å². The van der Waals surface area contributed by atoms with Crippen molar-refractivity contribution in [1.82, 2.24) is 4.90 Å². The summed E-state index contributed by atoms with van der Waals surface area (Å²) in [5.41, 5.74) is 0. The second-order valence-electron chi connectivity index (χ2n) is 3.51. The molecule has 106 valence electrons. The van der Waals surface area contributed by atoms with E-state index >= 15 is 0 Å². The molecule has 0 radical (unpaired) electrons.